The molecule has 6 atom stereocenters. The first-order valence-electron chi connectivity index (χ1n) is 5.96. The van der Waals surface area contributed by atoms with Gasteiger partial charge in [0.15, 0.2) is 0 Å². The second-order valence-corrected chi connectivity index (χ2v) is 6.37. The molecule has 1 aromatic carbocycles. The van der Waals surface area contributed by atoms with E-state index < -0.39 is 0 Å². The number of hydrogen-bond acceptors (Lipinski definition) is 1. The minimum atomic E-state index is 0.364. The summed E-state index contributed by atoms with van der Waals surface area (Å²) in [5, 5.41) is 9.21. The Kier molecular flexibility index (Phi) is 1.67. The lowest BCUT2D eigenvalue weighted by Gasteiger charge is -2.16. The summed E-state index contributed by atoms with van der Waals surface area (Å²) in [5.74, 6) is 4.20. The Labute approximate surface area is 104 Å². The molecule has 4 aliphatic carbocycles. The molecular formula is C14H12BrN. The van der Waals surface area contributed by atoms with Crippen LogP contribution in [-0.2, 0) is 0 Å². The third-order valence-corrected chi connectivity index (χ3v) is 5.52. The standard InChI is InChI=1S/C14H12BrN/c15-8-3-1-7(2-4-8)12-9-5-10-13(14(10)12)11(9)6-16/h1-4,9-14H,5H2/t9-,10-,11+,12+,13-,14-/m0/s1. The Morgan fingerprint density at radius 1 is 1.12 bits per heavy atom. The van der Waals surface area contributed by atoms with Gasteiger partial charge in [0.05, 0.1) is 12.0 Å². The molecule has 1 aromatic rings. The summed E-state index contributed by atoms with van der Waals surface area (Å²) in [4.78, 5) is 0. The molecule has 5 rings (SSSR count). The molecule has 2 heteroatoms. The molecule has 0 unspecified atom stereocenters. The number of halogens is 1. The fraction of sp³-hybridized carbons (Fsp3) is 0.500. The Hall–Kier alpha value is -0.810. The fourth-order valence-electron chi connectivity index (χ4n) is 4.49. The predicted molar refractivity (Wildman–Crippen MR) is 64.6 cm³/mol. The van der Waals surface area contributed by atoms with Crippen LogP contribution in [0.5, 0.6) is 0 Å². The molecule has 1 nitrogen and oxygen atoms in total. The van der Waals surface area contributed by atoms with Crippen LogP contribution in [0.3, 0.4) is 0 Å². The van der Waals surface area contributed by atoms with E-state index in [4.69, 9.17) is 0 Å². The van der Waals surface area contributed by atoms with Gasteiger partial charge in [-0.05, 0) is 53.7 Å². The lowest BCUT2D eigenvalue weighted by molar-refractivity contribution is 0.464. The zero-order valence-corrected chi connectivity index (χ0v) is 10.4. The van der Waals surface area contributed by atoms with Crippen molar-refractivity contribution in [3.05, 3.63) is 34.3 Å². The summed E-state index contributed by atoms with van der Waals surface area (Å²) < 4.78 is 1.14. The highest BCUT2D eigenvalue weighted by molar-refractivity contribution is 9.10. The molecule has 4 aliphatic rings. The van der Waals surface area contributed by atoms with Gasteiger partial charge in [-0.2, -0.15) is 5.26 Å². The minimum absolute atomic E-state index is 0.364. The Balaban J connectivity index is 1.72. The van der Waals surface area contributed by atoms with Crippen LogP contribution in [0.25, 0.3) is 0 Å². The number of benzene rings is 1. The predicted octanol–water partition coefficient (Wildman–Crippen LogP) is 3.57. The van der Waals surface area contributed by atoms with Crippen molar-refractivity contribution in [3.63, 3.8) is 0 Å². The van der Waals surface area contributed by atoms with Gasteiger partial charge in [0.25, 0.3) is 0 Å². The molecule has 0 aromatic heterocycles. The van der Waals surface area contributed by atoms with E-state index in [-0.39, 0.29) is 0 Å². The smallest absolute Gasteiger partial charge is 0.0662 e. The number of rotatable bonds is 1. The summed E-state index contributed by atoms with van der Waals surface area (Å²) in [6.45, 7) is 0. The highest BCUT2D eigenvalue weighted by atomic mass is 79.9. The molecule has 0 spiro atoms. The van der Waals surface area contributed by atoms with Crippen LogP contribution in [0.2, 0.25) is 0 Å². The number of nitrogens with zero attached hydrogens (tertiary/aromatic N) is 1. The molecular weight excluding hydrogens is 262 g/mol. The maximum atomic E-state index is 9.21. The topological polar surface area (TPSA) is 23.8 Å². The van der Waals surface area contributed by atoms with Crippen molar-refractivity contribution in [1.82, 2.24) is 0 Å². The van der Waals surface area contributed by atoms with Gasteiger partial charge < -0.3 is 0 Å². The van der Waals surface area contributed by atoms with Crippen molar-refractivity contribution in [2.45, 2.75) is 12.3 Å². The molecule has 4 bridgehead atoms. The van der Waals surface area contributed by atoms with Crippen LogP contribution in [0.1, 0.15) is 17.9 Å². The van der Waals surface area contributed by atoms with Crippen molar-refractivity contribution in [1.29, 1.82) is 5.26 Å². The van der Waals surface area contributed by atoms with Gasteiger partial charge in [-0.25, -0.2) is 0 Å². The van der Waals surface area contributed by atoms with Crippen LogP contribution < -0.4 is 0 Å². The van der Waals surface area contributed by atoms with Crippen molar-refractivity contribution in [2.24, 2.45) is 29.6 Å². The highest BCUT2D eigenvalue weighted by Crippen LogP contribution is 2.78. The van der Waals surface area contributed by atoms with Gasteiger partial charge in [-0.15, -0.1) is 0 Å². The molecule has 0 N–H and O–H groups in total. The van der Waals surface area contributed by atoms with Gasteiger partial charge in [-0.1, -0.05) is 28.1 Å². The third-order valence-electron chi connectivity index (χ3n) is 4.99. The van der Waals surface area contributed by atoms with E-state index in [1.54, 1.807) is 0 Å². The van der Waals surface area contributed by atoms with Crippen molar-refractivity contribution in [3.8, 4) is 6.07 Å². The summed E-state index contributed by atoms with van der Waals surface area (Å²) in [5.41, 5.74) is 1.46. The first-order chi connectivity index (χ1) is 7.81. The second kappa shape index (κ2) is 2.90. The van der Waals surface area contributed by atoms with Gasteiger partial charge in [0, 0.05) is 4.47 Å². The molecule has 4 saturated carbocycles. The van der Waals surface area contributed by atoms with E-state index >= 15 is 0 Å². The highest BCUT2D eigenvalue weighted by Gasteiger charge is 2.73. The quantitative estimate of drug-likeness (QED) is 0.768. The van der Waals surface area contributed by atoms with E-state index in [2.05, 4.69) is 46.3 Å². The minimum Gasteiger partial charge on any atom is -0.198 e. The molecule has 4 fully saturated rings. The lowest BCUT2D eigenvalue weighted by atomic mass is 9.87. The van der Waals surface area contributed by atoms with E-state index in [1.165, 1.54) is 12.0 Å². The summed E-state index contributed by atoms with van der Waals surface area (Å²) in [6, 6.07) is 11.3. The molecule has 0 saturated heterocycles. The zero-order valence-electron chi connectivity index (χ0n) is 8.81. The molecule has 0 heterocycles. The molecule has 16 heavy (non-hydrogen) atoms. The van der Waals surface area contributed by atoms with Crippen LogP contribution in [0, 0.1) is 40.9 Å². The van der Waals surface area contributed by atoms with Gasteiger partial charge >= 0.3 is 0 Å². The molecule has 0 radical (unpaired) electrons. The average Bonchev–Trinajstić information content (AvgIpc) is 2.67. The third kappa shape index (κ3) is 0.960. The maximum Gasteiger partial charge on any atom is 0.0662 e. The summed E-state index contributed by atoms with van der Waals surface area (Å²) >= 11 is 3.48. The van der Waals surface area contributed by atoms with E-state index in [9.17, 15) is 5.26 Å². The number of hydrogen-bond donors (Lipinski definition) is 0. The largest absolute Gasteiger partial charge is 0.198 e. The van der Waals surface area contributed by atoms with Gasteiger partial charge in [-0.3, -0.25) is 0 Å². The van der Waals surface area contributed by atoms with E-state index in [1.807, 2.05) is 0 Å². The maximum absolute atomic E-state index is 9.21. The SMILES string of the molecule is N#C[C@@H]1[C@@H]2C[C@H]3[C@@H]1[C@@H]3[C@@H]2c1ccc(Br)cc1. The van der Waals surface area contributed by atoms with Gasteiger partial charge in [0.1, 0.15) is 0 Å². The Morgan fingerprint density at radius 3 is 2.44 bits per heavy atom. The molecule has 80 valence electrons. The average molecular weight is 274 g/mol. The first-order valence-corrected chi connectivity index (χ1v) is 6.75. The molecule has 0 amide bonds. The van der Waals surface area contributed by atoms with Crippen molar-refractivity contribution in [2.75, 3.05) is 0 Å². The van der Waals surface area contributed by atoms with E-state index in [0.29, 0.717) is 17.8 Å². The van der Waals surface area contributed by atoms with Crippen LogP contribution >= 0.6 is 15.9 Å². The monoisotopic (exact) mass is 273 g/mol. The Morgan fingerprint density at radius 2 is 1.88 bits per heavy atom. The lowest BCUT2D eigenvalue weighted by Crippen LogP contribution is -2.09. The van der Waals surface area contributed by atoms with Crippen LogP contribution in [-0.4, -0.2) is 0 Å². The molecule has 0 aliphatic heterocycles. The summed E-state index contributed by atoms with van der Waals surface area (Å²) in [6.07, 6.45) is 1.31. The second-order valence-electron chi connectivity index (χ2n) is 5.45. The van der Waals surface area contributed by atoms with Crippen LogP contribution in [0.4, 0.5) is 0 Å². The number of nitriles is 1. The fourth-order valence-corrected chi connectivity index (χ4v) is 4.76. The summed E-state index contributed by atoms with van der Waals surface area (Å²) in [7, 11) is 0. The van der Waals surface area contributed by atoms with E-state index in [0.717, 1.165) is 22.2 Å². The first kappa shape index (κ1) is 9.24. The van der Waals surface area contributed by atoms with Crippen LogP contribution in [0.15, 0.2) is 28.7 Å². The van der Waals surface area contributed by atoms with Gasteiger partial charge in [0.2, 0.25) is 0 Å². The Bertz CT molecular complexity index is 486. The van der Waals surface area contributed by atoms with Crippen molar-refractivity contribution < 1.29 is 0 Å². The zero-order chi connectivity index (χ0) is 10.9. The normalized spacial score (nSPS) is 46.8. The van der Waals surface area contributed by atoms with Crippen molar-refractivity contribution >= 4 is 15.9 Å².